The van der Waals surface area contributed by atoms with Gasteiger partial charge in [-0.25, -0.2) is 0 Å². The van der Waals surface area contributed by atoms with E-state index in [1.165, 1.54) is 5.56 Å². The van der Waals surface area contributed by atoms with E-state index in [0.717, 1.165) is 21.3 Å². The van der Waals surface area contributed by atoms with Gasteiger partial charge in [0.1, 0.15) is 12.4 Å². The maximum absolute atomic E-state index is 6.01. The second-order valence-corrected chi connectivity index (χ2v) is 7.93. The van der Waals surface area contributed by atoms with Crippen LogP contribution in [0.4, 0.5) is 0 Å². The fraction of sp³-hybridized carbons (Fsp3) is 0.350. The predicted octanol–water partition coefficient (Wildman–Crippen LogP) is 5.22. The lowest BCUT2D eigenvalue weighted by molar-refractivity contribution is 0.305. The van der Waals surface area contributed by atoms with Crippen molar-refractivity contribution in [3.8, 4) is 5.75 Å². The summed E-state index contributed by atoms with van der Waals surface area (Å²) in [5, 5.41) is 6.06. The molecule has 0 fully saturated rings. The Labute approximate surface area is 153 Å². The van der Waals surface area contributed by atoms with Crippen LogP contribution < -0.4 is 4.74 Å². The third kappa shape index (κ3) is 5.38. The van der Waals surface area contributed by atoms with E-state index in [1.807, 2.05) is 38.5 Å². The van der Waals surface area contributed by atoms with E-state index in [4.69, 9.17) is 4.74 Å². The first-order valence-electron chi connectivity index (χ1n) is 7.99. The number of hydrogen-bond acceptors (Lipinski definition) is 3. The molecule has 128 valence electrons. The third-order valence-electron chi connectivity index (χ3n) is 3.61. The van der Waals surface area contributed by atoms with Crippen molar-refractivity contribution in [2.24, 2.45) is 5.10 Å². The lowest BCUT2D eigenvalue weighted by Crippen LogP contribution is -2.10. The topological polar surface area (TPSA) is 24.8 Å². The van der Waals surface area contributed by atoms with Gasteiger partial charge in [-0.3, -0.25) is 0 Å². The molecule has 0 aliphatic carbocycles. The van der Waals surface area contributed by atoms with Crippen LogP contribution in [0.15, 0.2) is 52.0 Å². The van der Waals surface area contributed by atoms with E-state index in [2.05, 4.69) is 66.1 Å². The molecule has 0 amide bonds. The fourth-order valence-corrected chi connectivity index (χ4v) is 2.57. The molecule has 0 unspecified atom stereocenters. The molecule has 0 saturated heterocycles. The van der Waals surface area contributed by atoms with Crippen LogP contribution in [0.1, 0.15) is 37.5 Å². The Morgan fingerprint density at radius 3 is 2.33 bits per heavy atom. The van der Waals surface area contributed by atoms with Gasteiger partial charge in [0.25, 0.3) is 0 Å². The van der Waals surface area contributed by atoms with Gasteiger partial charge in [0.15, 0.2) is 0 Å². The number of nitrogens with zero attached hydrogens (tertiary/aromatic N) is 2. The highest BCUT2D eigenvalue weighted by molar-refractivity contribution is 9.10. The summed E-state index contributed by atoms with van der Waals surface area (Å²) >= 11 is 3.50. The quantitative estimate of drug-likeness (QED) is 0.517. The second kappa shape index (κ2) is 7.84. The van der Waals surface area contributed by atoms with Crippen molar-refractivity contribution >= 4 is 22.1 Å². The van der Waals surface area contributed by atoms with Crippen LogP contribution >= 0.6 is 15.9 Å². The largest absolute Gasteiger partial charge is 0.488 e. The Kier molecular flexibility index (Phi) is 6.05. The molecule has 0 radical (unpaired) electrons. The molecule has 24 heavy (non-hydrogen) atoms. The van der Waals surface area contributed by atoms with Crippen molar-refractivity contribution in [1.29, 1.82) is 0 Å². The molecule has 2 aromatic rings. The minimum absolute atomic E-state index is 0.168. The van der Waals surface area contributed by atoms with Crippen molar-refractivity contribution in [3.63, 3.8) is 0 Å². The summed E-state index contributed by atoms with van der Waals surface area (Å²) in [5.74, 6) is 0.823. The lowest BCUT2D eigenvalue weighted by atomic mass is 9.87. The summed E-state index contributed by atoms with van der Waals surface area (Å²) in [6.07, 6.45) is 1.81. The first-order valence-corrected chi connectivity index (χ1v) is 8.78. The van der Waals surface area contributed by atoms with Crippen molar-refractivity contribution < 1.29 is 4.74 Å². The van der Waals surface area contributed by atoms with Crippen LogP contribution in [0.3, 0.4) is 0 Å². The summed E-state index contributed by atoms with van der Waals surface area (Å²) in [5.41, 5.74) is 3.60. The van der Waals surface area contributed by atoms with Gasteiger partial charge >= 0.3 is 0 Å². The van der Waals surface area contributed by atoms with Crippen LogP contribution in [0.2, 0.25) is 0 Å². The fourth-order valence-electron chi connectivity index (χ4n) is 2.19. The van der Waals surface area contributed by atoms with Gasteiger partial charge in [-0.05, 0) is 34.7 Å². The van der Waals surface area contributed by atoms with Gasteiger partial charge in [-0.1, -0.05) is 61.0 Å². The predicted molar refractivity (Wildman–Crippen MR) is 105 cm³/mol. The standard InChI is InChI=1S/C20H25BrN2O/c1-20(2,3)17-8-6-15(7-9-17)14-24-19-11-10-18(21)12-16(19)13-22-23(4)5/h6-13H,14H2,1-5H3/b22-13+. The molecular weight excluding hydrogens is 364 g/mol. The van der Waals surface area contributed by atoms with Gasteiger partial charge in [0, 0.05) is 24.1 Å². The molecule has 0 aromatic heterocycles. The Morgan fingerprint density at radius 1 is 1.08 bits per heavy atom. The van der Waals surface area contributed by atoms with Gasteiger partial charge in [-0.2, -0.15) is 5.10 Å². The Bertz CT molecular complexity index is 701. The lowest BCUT2D eigenvalue weighted by Gasteiger charge is -2.19. The van der Waals surface area contributed by atoms with Gasteiger partial charge < -0.3 is 9.75 Å². The number of hydrogen-bond donors (Lipinski definition) is 0. The third-order valence-corrected chi connectivity index (χ3v) is 4.11. The molecule has 2 rings (SSSR count). The molecule has 3 nitrogen and oxygen atoms in total. The van der Waals surface area contributed by atoms with E-state index < -0.39 is 0 Å². The summed E-state index contributed by atoms with van der Waals surface area (Å²) in [6.45, 7) is 7.19. The summed E-state index contributed by atoms with van der Waals surface area (Å²) < 4.78 is 7.01. The highest BCUT2D eigenvalue weighted by atomic mass is 79.9. The smallest absolute Gasteiger partial charge is 0.128 e. The maximum atomic E-state index is 6.01. The number of benzene rings is 2. The zero-order valence-corrected chi connectivity index (χ0v) is 16.6. The van der Waals surface area contributed by atoms with Crippen LogP contribution in [0.5, 0.6) is 5.75 Å². The molecule has 0 heterocycles. The summed E-state index contributed by atoms with van der Waals surface area (Å²) in [6, 6.07) is 14.6. The summed E-state index contributed by atoms with van der Waals surface area (Å²) in [4.78, 5) is 0. The monoisotopic (exact) mass is 388 g/mol. The van der Waals surface area contributed by atoms with Gasteiger partial charge in [0.2, 0.25) is 0 Å². The zero-order chi connectivity index (χ0) is 17.7. The molecule has 0 bridgehead atoms. The van der Waals surface area contributed by atoms with Gasteiger partial charge in [0.05, 0.1) is 6.21 Å². The molecule has 0 atom stereocenters. The van der Waals surface area contributed by atoms with Crippen LogP contribution in [0, 0.1) is 0 Å². The van der Waals surface area contributed by atoms with Crippen LogP contribution in [-0.2, 0) is 12.0 Å². The van der Waals surface area contributed by atoms with Crippen molar-refractivity contribution in [2.75, 3.05) is 14.1 Å². The average molecular weight is 389 g/mol. The minimum Gasteiger partial charge on any atom is -0.488 e. The Morgan fingerprint density at radius 2 is 1.75 bits per heavy atom. The van der Waals surface area contributed by atoms with Crippen LogP contribution in [0.25, 0.3) is 0 Å². The molecule has 4 heteroatoms. The van der Waals surface area contributed by atoms with Gasteiger partial charge in [-0.15, -0.1) is 0 Å². The van der Waals surface area contributed by atoms with E-state index in [1.54, 1.807) is 5.01 Å². The van der Waals surface area contributed by atoms with Crippen LogP contribution in [-0.4, -0.2) is 25.3 Å². The SMILES string of the molecule is CN(C)/N=C/c1cc(Br)ccc1OCc1ccc(C(C)(C)C)cc1. The van der Waals surface area contributed by atoms with E-state index >= 15 is 0 Å². The highest BCUT2D eigenvalue weighted by Crippen LogP contribution is 2.25. The molecule has 0 N–H and O–H groups in total. The van der Waals surface area contributed by atoms with E-state index in [-0.39, 0.29) is 5.41 Å². The second-order valence-electron chi connectivity index (χ2n) is 7.01. The molecular formula is C20H25BrN2O. The number of rotatable bonds is 5. The van der Waals surface area contributed by atoms with E-state index in [9.17, 15) is 0 Å². The van der Waals surface area contributed by atoms with Crippen molar-refractivity contribution in [2.45, 2.75) is 32.8 Å². The molecule has 0 aliphatic heterocycles. The molecule has 0 spiro atoms. The molecule has 2 aromatic carbocycles. The number of ether oxygens (including phenoxy) is 1. The van der Waals surface area contributed by atoms with Crippen molar-refractivity contribution in [3.05, 3.63) is 63.6 Å². The normalized spacial score (nSPS) is 11.8. The first-order chi connectivity index (χ1) is 11.3. The maximum Gasteiger partial charge on any atom is 0.128 e. The number of hydrazone groups is 1. The first kappa shape index (κ1) is 18.5. The molecule has 0 aliphatic rings. The van der Waals surface area contributed by atoms with Crippen molar-refractivity contribution in [1.82, 2.24) is 5.01 Å². The summed E-state index contributed by atoms with van der Waals surface area (Å²) in [7, 11) is 3.79. The Balaban J connectivity index is 2.11. The average Bonchev–Trinajstić information content (AvgIpc) is 2.51. The highest BCUT2D eigenvalue weighted by Gasteiger charge is 2.13. The minimum atomic E-state index is 0.168. The molecule has 0 saturated carbocycles. The van der Waals surface area contributed by atoms with E-state index in [0.29, 0.717) is 6.61 Å². The zero-order valence-electron chi connectivity index (χ0n) is 15.0. The number of halogens is 1. The Hall–Kier alpha value is -1.81.